The second kappa shape index (κ2) is 5.72. The zero-order chi connectivity index (χ0) is 14.8. The highest BCUT2D eigenvalue weighted by Gasteiger charge is 2.23. The van der Waals surface area contributed by atoms with E-state index in [2.05, 4.69) is 44.2 Å². The maximum Gasteiger partial charge on any atom is 0.227 e. The lowest BCUT2D eigenvalue weighted by atomic mass is 10.0. The summed E-state index contributed by atoms with van der Waals surface area (Å²) in [7, 11) is 0. The van der Waals surface area contributed by atoms with Gasteiger partial charge in [0, 0.05) is 18.7 Å². The van der Waals surface area contributed by atoms with Gasteiger partial charge in [0.15, 0.2) is 0 Å². The molecule has 1 aliphatic heterocycles. The number of hydrogen-bond acceptors (Lipinski definition) is 1. The number of carbonyl (C=O) groups is 1. The molecule has 2 heteroatoms. The number of nitrogens with zero attached hydrogens (tertiary/aromatic N) is 1. The Hall–Kier alpha value is -2.09. The SMILES string of the molecule is Cc1ccc(CCC(=O)N2CCc3ccccc32)cc1C. The Kier molecular flexibility index (Phi) is 3.78. The predicted molar refractivity (Wildman–Crippen MR) is 86.7 cm³/mol. The van der Waals surface area contributed by atoms with Gasteiger partial charge < -0.3 is 4.90 Å². The molecule has 0 atom stereocenters. The minimum absolute atomic E-state index is 0.234. The second-order valence-electron chi connectivity index (χ2n) is 5.84. The summed E-state index contributed by atoms with van der Waals surface area (Å²) in [5.74, 6) is 0.234. The van der Waals surface area contributed by atoms with Crippen LogP contribution in [-0.2, 0) is 17.6 Å². The number of fused-ring (bicyclic) bond motifs is 1. The summed E-state index contributed by atoms with van der Waals surface area (Å²) in [5, 5.41) is 0. The van der Waals surface area contributed by atoms with Gasteiger partial charge in [0.1, 0.15) is 0 Å². The third-order valence-corrected chi connectivity index (χ3v) is 4.39. The van der Waals surface area contributed by atoms with Crippen LogP contribution in [-0.4, -0.2) is 12.5 Å². The van der Waals surface area contributed by atoms with Crippen molar-refractivity contribution in [1.29, 1.82) is 0 Å². The lowest BCUT2D eigenvalue weighted by Crippen LogP contribution is -2.29. The first kappa shape index (κ1) is 13.9. The van der Waals surface area contributed by atoms with E-state index in [0.29, 0.717) is 6.42 Å². The Balaban J connectivity index is 1.66. The van der Waals surface area contributed by atoms with Gasteiger partial charge in [-0.3, -0.25) is 4.79 Å². The van der Waals surface area contributed by atoms with Crippen molar-refractivity contribution in [2.24, 2.45) is 0 Å². The normalized spacial score (nSPS) is 13.3. The van der Waals surface area contributed by atoms with Gasteiger partial charge >= 0.3 is 0 Å². The Labute approximate surface area is 126 Å². The molecule has 3 rings (SSSR count). The quantitative estimate of drug-likeness (QED) is 0.836. The van der Waals surface area contributed by atoms with Crippen LogP contribution in [0.4, 0.5) is 5.69 Å². The molecule has 0 aromatic heterocycles. The van der Waals surface area contributed by atoms with Crippen LogP contribution in [0.25, 0.3) is 0 Å². The van der Waals surface area contributed by atoms with Crippen molar-refractivity contribution in [3.8, 4) is 0 Å². The minimum atomic E-state index is 0.234. The highest BCUT2D eigenvalue weighted by molar-refractivity contribution is 5.95. The molecule has 0 spiro atoms. The summed E-state index contributed by atoms with van der Waals surface area (Å²) in [6.45, 7) is 5.06. The standard InChI is InChI=1S/C19H21NO/c1-14-7-8-16(13-15(14)2)9-10-19(21)20-12-11-17-5-3-4-6-18(17)20/h3-8,13H,9-12H2,1-2H3. The lowest BCUT2D eigenvalue weighted by Gasteiger charge is -2.17. The molecule has 21 heavy (non-hydrogen) atoms. The molecule has 0 N–H and O–H groups in total. The third-order valence-electron chi connectivity index (χ3n) is 4.39. The maximum absolute atomic E-state index is 12.5. The van der Waals surface area contributed by atoms with Gasteiger partial charge in [-0.25, -0.2) is 0 Å². The smallest absolute Gasteiger partial charge is 0.227 e. The van der Waals surface area contributed by atoms with Crippen LogP contribution in [0.1, 0.15) is 28.7 Å². The Morgan fingerprint density at radius 3 is 2.71 bits per heavy atom. The molecule has 1 amide bonds. The van der Waals surface area contributed by atoms with Gasteiger partial charge in [-0.1, -0.05) is 36.4 Å². The molecule has 2 nitrogen and oxygen atoms in total. The van der Waals surface area contributed by atoms with Crippen molar-refractivity contribution in [2.75, 3.05) is 11.4 Å². The van der Waals surface area contributed by atoms with Gasteiger partial charge in [-0.2, -0.15) is 0 Å². The van der Waals surface area contributed by atoms with Gasteiger partial charge in [-0.15, -0.1) is 0 Å². The monoisotopic (exact) mass is 279 g/mol. The van der Waals surface area contributed by atoms with E-state index in [9.17, 15) is 4.79 Å². The highest BCUT2D eigenvalue weighted by atomic mass is 16.2. The van der Waals surface area contributed by atoms with Crippen molar-refractivity contribution in [2.45, 2.75) is 33.1 Å². The van der Waals surface area contributed by atoms with Gasteiger partial charge in [-0.05, 0) is 55.0 Å². The number of amides is 1. The molecule has 0 bridgehead atoms. The average molecular weight is 279 g/mol. The average Bonchev–Trinajstić information content (AvgIpc) is 2.92. The van der Waals surface area contributed by atoms with Crippen LogP contribution < -0.4 is 4.90 Å². The van der Waals surface area contributed by atoms with Crippen LogP contribution >= 0.6 is 0 Å². The minimum Gasteiger partial charge on any atom is -0.312 e. The molecule has 0 aliphatic carbocycles. The van der Waals surface area contributed by atoms with Crippen molar-refractivity contribution in [3.05, 3.63) is 64.7 Å². The van der Waals surface area contributed by atoms with Crippen molar-refractivity contribution in [1.82, 2.24) is 0 Å². The summed E-state index contributed by atoms with van der Waals surface area (Å²) in [6, 6.07) is 14.7. The largest absolute Gasteiger partial charge is 0.312 e. The van der Waals surface area contributed by atoms with Crippen LogP contribution in [0, 0.1) is 13.8 Å². The molecule has 2 aromatic rings. The highest BCUT2D eigenvalue weighted by Crippen LogP contribution is 2.28. The Morgan fingerprint density at radius 2 is 1.90 bits per heavy atom. The molecule has 0 unspecified atom stereocenters. The zero-order valence-electron chi connectivity index (χ0n) is 12.7. The third kappa shape index (κ3) is 2.85. The molecule has 1 aliphatic rings. The van der Waals surface area contributed by atoms with E-state index in [4.69, 9.17) is 0 Å². The molecular weight excluding hydrogens is 258 g/mol. The summed E-state index contributed by atoms with van der Waals surface area (Å²) >= 11 is 0. The van der Waals surface area contributed by atoms with Gasteiger partial charge in [0.25, 0.3) is 0 Å². The van der Waals surface area contributed by atoms with E-state index in [1.807, 2.05) is 17.0 Å². The molecular formula is C19H21NO. The van der Waals surface area contributed by atoms with Crippen LogP contribution in [0.2, 0.25) is 0 Å². The fourth-order valence-corrected chi connectivity index (χ4v) is 2.94. The van der Waals surface area contributed by atoms with Crippen LogP contribution in [0.5, 0.6) is 0 Å². The van der Waals surface area contributed by atoms with Crippen molar-refractivity contribution >= 4 is 11.6 Å². The topological polar surface area (TPSA) is 20.3 Å². The van der Waals surface area contributed by atoms with E-state index in [0.717, 1.165) is 25.1 Å². The molecule has 108 valence electrons. The number of carbonyl (C=O) groups excluding carboxylic acids is 1. The fraction of sp³-hybridized carbons (Fsp3) is 0.316. The molecule has 0 fully saturated rings. The summed E-state index contributed by atoms with van der Waals surface area (Å²) in [5.41, 5.74) is 6.24. The summed E-state index contributed by atoms with van der Waals surface area (Å²) in [4.78, 5) is 14.4. The summed E-state index contributed by atoms with van der Waals surface area (Å²) < 4.78 is 0. The predicted octanol–water partition coefficient (Wildman–Crippen LogP) is 3.83. The van der Waals surface area contributed by atoms with E-state index < -0.39 is 0 Å². The van der Waals surface area contributed by atoms with Crippen LogP contribution in [0.3, 0.4) is 0 Å². The molecule has 0 radical (unpaired) electrons. The number of para-hydroxylation sites is 1. The summed E-state index contributed by atoms with van der Waals surface area (Å²) in [6.07, 6.45) is 2.38. The number of hydrogen-bond donors (Lipinski definition) is 0. The second-order valence-corrected chi connectivity index (χ2v) is 5.84. The van der Waals surface area contributed by atoms with E-state index in [1.54, 1.807) is 0 Å². The Morgan fingerprint density at radius 1 is 1.10 bits per heavy atom. The first-order chi connectivity index (χ1) is 10.1. The van der Waals surface area contributed by atoms with E-state index in [-0.39, 0.29) is 5.91 Å². The van der Waals surface area contributed by atoms with Crippen molar-refractivity contribution in [3.63, 3.8) is 0 Å². The lowest BCUT2D eigenvalue weighted by molar-refractivity contribution is -0.118. The number of rotatable bonds is 3. The van der Waals surface area contributed by atoms with Crippen LogP contribution in [0.15, 0.2) is 42.5 Å². The van der Waals surface area contributed by atoms with E-state index in [1.165, 1.54) is 22.3 Å². The Bertz CT molecular complexity index is 675. The molecule has 0 saturated carbocycles. The molecule has 0 saturated heterocycles. The molecule has 1 heterocycles. The van der Waals surface area contributed by atoms with Gasteiger partial charge in [0.2, 0.25) is 5.91 Å². The fourth-order valence-electron chi connectivity index (χ4n) is 2.94. The first-order valence-corrected chi connectivity index (χ1v) is 7.59. The number of benzene rings is 2. The first-order valence-electron chi connectivity index (χ1n) is 7.59. The van der Waals surface area contributed by atoms with Gasteiger partial charge in [0.05, 0.1) is 0 Å². The van der Waals surface area contributed by atoms with E-state index >= 15 is 0 Å². The maximum atomic E-state index is 12.5. The zero-order valence-corrected chi connectivity index (χ0v) is 12.7. The van der Waals surface area contributed by atoms with Crippen molar-refractivity contribution < 1.29 is 4.79 Å². The molecule has 2 aromatic carbocycles. The number of anilines is 1. The number of aryl methyl sites for hydroxylation is 3.